The minimum absolute atomic E-state index is 0.569. The Kier molecular flexibility index (Phi) is 5.26. The van der Waals surface area contributed by atoms with Gasteiger partial charge >= 0.3 is 0 Å². The highest BCUT2D eigenvalue weighted by Gasteiger charge is 2.04. The van der Waals surface area contributed by atoms with Gasteiger partial charge in [-0.3, -0.25) is 4.68 Å². The van der Waals surface area contributed by atoms with Crippen molar-refractivity contribution in [1.29, 1.82) is 0 Å². The van der Waals surface area contributed by atoms with Gasteiger partial charge in [-0.25, -0.2) is 0 Å². The Balaban J connectivity index is 2.69. The van der Waals surface area contributed by atoms with Crippen molar-refractivity contribution in [2.24, 2.45) is 13.0 Å². The van der Waals surface area contributed by atoms with Crippen LogP contribution in [-0.4, -0.2) is 22.9 Å². The number of rotatable bonds is 6. The van der Waals surface area contributed by atoms with Crippen LogP contribution in [0.25, 0.3) is 6.08 Å². The SMILES string of the molecule is CCCNCC(=Cc1ccnn1C)C(C)C. The van der Waals surface area contributed by atoms with Crippen LogP contribution in [0.3, 0.4) is 0 Å². The van der Waals surface area contributed by atoms with Gasteiger partial charge in [0.15, 0.2) is 0 Å². The number of hydrogen-bond donors (Lipinski definition) is 1. The lowest BCUT2D eigenvalue weighted by molar-refractivity contribution is 0.655. The van der Waals surface area contributed by atoms with Gasteiger partial charge in [0.25, 0.3) is 0 Å². The first-order valence-electron chi connectivity index (χ1n) is 6.04. The maximum Gasteiger partial charge on any atom is 0.0606 e. The smallest absolute Gasteiger partial charge is 0.0606 e. The van der Waals surface area contributed by atoms with Crippen LogP contribution in [0.1, 0.15) is 32.9 Å². The fourth-order valence-electron chi connectivity index (χ4n) is 1.55. The molecule has 0 saturated carbocycles. The standard InChI is InChI=1S/C13H23N3/c1-5-7-14-10-12(11(2)3)9-13-6-8-15-16(13)4/h6,8-9,11,14H,5,7,10H2,1-4H3. The minimum atomic E-state index is 0.569. The van der Waals surface area contributed by atoms with Crippen molar-refractivity contribution in [3.63, 3.8) is 0 Å². The van der Waals surface area contributed by atoms with E-state index in [0.29, 0.717) is 5.92 Å². The molecule has 1 rings (SSSR count). The molecule has 90 valence electrons. The number of aryl methyl sites for hydroxylation is 1. The lowest BCUT2D eigenvalue weighted by Gasteiger charge is -2.12. The predicted molar refractivity (Wildman–Crippen MR) is 69.2 cm³/mol. The van der Waals surface area contributed by atoms with E-state index in [4.69, 9.17) is 0 Å². The first-order valence-corrected chi connectivity index (χ1v) is 6.04. The predicted octanol–water partition coefficient (Wildman–Crippen LogP) is 2.46. The number of aromatic nitrogens is 2. The average molecular weight is 221 g/mol. The van der Waals surface area contributed by atoms with Crippen LogP contribution in [0.15, 0.2) is 17.8 Å². The molecular weight excluding hydrogens is 198 g/mol. The molecule has 1 aromatic heterocycles. The molecule has 1 N–H and O–H groups in total. The molecule has 0 aromatic carbocycles. The quantitative estimate of drug-likeness (QED) is 0.748. The fourth-order valence-corrected chi connectivity index (χ4v) is 1.55. The van der Waals surface area contributed by atoms with Gasteiger partial charge in [-0.1, -0.05) is 26.3 Å². The van der Waals surface area contributed by atoms with E-state index in [2.05, 4.69) is 37.3 Å². The highest BCUT2D eigenvalue weighted by Crippen LogP contribution is 2.13. The third kappa shape index (κ3) is 3.81. The molecule has 0 aliphatic heterocycles. The van der Waals surface area contributed by atoms with E-state index < -0.39 is 0 Å². The van der Waals surface area contributed by atoms with Crippen LogP contribution in [0.2, 0.25) is 0 Å². The summed E-state index contributed by atoms with van der Waals surface area (Å²) in [5.74, 6) is 0.569. The van der Waals surface area contributed by atoms with Crippen molar-refractivity contribution >= 4 is 6.08 Å². The van der Waals surface area contributed by atoms with E-state index in [1.165, 1.54) is 17.7 Å². The molecule has 0 unspecified atom stereocenters. The van der Waals surface area contributed by atoms with Gasteiger partial charge in [0.2, 0.25) is 0 Å². The lowest BCUT2D eigenvalue weighted by Crippen LogP contribution is -2.20. The van der Waals surface area contributed by atoms with Gasteiger partial charge in [-0.15, -0.1) is 0 Å². The van der Waals surface area contributed by atoms with Crippen molar-refractivity contribution in [2.45, 2.75) is 27.2 Å². The summed E-state index contributed by atoms with van der Waals surface area (Å²) in [6, 6.07) is 2.04. The molecule has 0 aliphatic carbocycles. The van der Waals surface area contributed by atoms with E-state index in [-0.39, 0.29) is 0 Å². The van der Waals surface area contributed by atoms with E-state index in [0.717, 1.165) is 13.1 Å². The van der Waals surface area contributed by atoms with Gasteiger partial charge in [0.1, 0.15) is 0 Å². The van der Waals surface area contributed by atoms with Crippen molar-refractivity contribution in [3.05, 3.63) is 23.5 Å². The largest absolute Gasteiger partial charge is 0.313 e. The molecule has 0 spiro atoms. The van der Waals surface area contributed by atoms with Gasteiger partial charge in [-0.2, -0.15) is 5.10 Å². The molecule has 0 radical (unpaired) electrons. The van der Waals surface area contributed by atoms with Crippen molar-refractivity contribution in [2.75, 3.05) is 13.1 Å². The number of nitrogens with one attached hydrogen (secondary N) is 1. The molecule has 0 bridgehead atoms. The monoisotopic (exact) mass is 221 g/mol. The molecule has 3 heteroatoms. The summed E-state index contributed by atoms with van der Waals surface area (Å²) in [7, 11) is 1.98. The Hall–Kier alpha value is -1.09. The Morgan fingerprint density at radius 1 is 1.56 bits per heavy atom. The lowest BCUT2D eigenvalue weighted by atomic mass is 10.0. The average Bonchev–Trinajstić information content (AvgIpc) is 2.63. The van der Waals surface area contributed by atoms with Crippen LogP contribution >= 0.6 is 0 Å². The summed E-state index contributed by atoms with van der Waals surface area (Å²) >= 11 is 0. The molecule has 3 nitrogen and oxygen atoms in total. The van der Waals surface area contributed by atoms with Gasteiger partial charge in [0, 0.05) is 19.8 Å². The second-order valence-corrected chi connectivity index (χ2v) is 4.43. The number of nitrogens with zero attached hydrogens (tertiary/aromatic N) is 2. The van der Waals surface area contributed by atoms with Gasteiger partial charge in [0.05, 0.1) is 5.69 Å². The van der Waals surface area contributed by atoms with Crippen LogP contribution in [0.4, 0.5) is 0 Å². The highest BCUT2D eigenvalue weighted by atomic mass is 15.2. The van der Waals surface area contributed by atoms with Gasteiger partial charge < -0.3 is 5.32 Å². The third-order valence-electron chi connectivity index (χ3n) is 2.69. The minimum Gasteiger partial charge on any atom is -0.313 e. The van der Waals surface area contributed by atoms with E-state index in [1.54, 1.807) is 0 Å². The summed E-state index contributed by atoms with van der Waals surface area (Å²) in [4.78, 5) is 0. The van der Waals surface area contributed by atoms with Gasteiger partial charge in [-0.05, 0) is 31.0 Å². The highest BCUT2D eigenvalue weighted by molar-refractivity contribution is 5.49. The molecule has 0 atom stereocenters. The van der Waals surface area contributed by atoms with E-state index in [9.17, 15) is 0 Å². The zero-order valence-electron chi connectivity index (χ0n) is 10.8. The molecule has 0 saturated heterocycles. The first-order chi connectivity index (χ1) is 7.65. The third-order valence-corrected chi connectivity index (χ3v) is 2.69. The van der Waals surface area contributed by atoms with Crippen LogP contribution in [0.5, 0.6) is 0 Å². The molecule has 16 heavy (non-hydrogen) atoms. The van der Waals surface area contributed by atoms with Crippen molar-refractivity contribution in [3.8, 4) is 0 Å². The Labute approximate surface area is 98.5 Å². The zero-order chi connectivity index (χ0) is 12.0. The second-order valence-electron chi connectivity index (χ2n) is 4.43. The Morgan fingerprint density at radius 2 is 2.31 bits per heavy atom. The Bertz CT molecular complexity index is 337. The van der Waals surface area contributed by atoms with E-state index >= 15 is 0 Å². The normalized spacial score (nSPS) is 12.4. The zero-order valence-corrected chi connectivity index (χ0v) is 10.8. The van der Waals surface area contributed by atoms with Crippen LogP contribution < -0.4 is 5.32 Å². The molecular formula is C13H23N3. The number of hydrogen-bond acceptors (Lipinski definition) is 2. The summed E-state index contributed by atoms with van der Waals surface area (Å²) in [5, 5.41) is 7.63. The maximum atomic E-state index is 4.18. The molecule has 0 fully saturated rings. The molecule has 1 heterocycles. The summed E-state index contributed by atoms with van der Waals surface area (Å²) < 4.78 is 1.90. The van der Waals surface area contributed by atoms with Crippen LogP contribution in [-0.2, 0) is 7.05 Å². The second kappa shape index (κ2) is 6.48. The molecule has 0 amide bonds. The summed E-state index contributed by atoms with van der Waals surface area (Å²) in [6.07, 6.45) is 5.25. The summed E-state index contributed by atoms with van der Waals surface area (Å²) in [5.41, 5.74) is 2.60. The van der Waals surface area contributed by atoms with E-state index in [1.807, 2.05) is 24.0 Å². The summed E-state index contributed by atoms with van der Waals surface area (Å²) in [6.45, 7) is 8.70. The topological polar surface area (TPSA) is 29.9 Å². The maximum absolute atomic E-state index is 4.18. The van der Waals surface area contributed by atoms with Crippen LogP contribution in [0, 0.1) is 5.92 Å². The first kappa shape index (κ1) is 13.0. The van der Waals surface area contributed by atoms with Crippen molar-refractivity contribution in [1.82, 2.24) is 15.1 Å². The molecule has 0 aliphatic rings. The molecule has 1 aromatic rings. The Morgan fingerprint density at radius 3 is 2.81 bits per heavy atom. The van der Waals surface area contributed by atoms with Crippen molar-refractivity contribution < 1.29 is 0 Å². The fraction of sp³-hybridized carbons (Fsp3) is 0.615.